The van der Waals surface area contributed by atoms with Crippen molar-refractivity contribution in [3.05, 3.63) is 152 Å². The Balaban J connectivity index is 1.74. The fraction of sp³-hybridized carbons (Fsp3) is 0.286. The van der Waals surface area contributed by atoms with Crippen molar-refractivity contribution in [3.63, 3.8) is 0 Å². The number of nitro groups is 2. The molecule has 5 aromatic rings. The van der Waals surface area contributed by atoms with Crippen LogP contribution in [0.15, 0.2) is 109 Å². The Kier molecular flexibility index (Phi) is 10.7. The maximum atomic E-state index is 11.4. The summed E-state index contributed by atoms with van der Waals surface area (Å²) in [4.78, 5) is 26.3. The van der Waals surface area contributed by atoms with Crippen LogP contribution in [-0.2, 0) is 0 Å². The molecular weight excluding hydrogens is 624 g/mol. The molecule has 0 N–H and O–H groups in total. The highest BCUT2D eigenvalue weighted by molar-refractivity contribution is 5.84. The summed E-state index contributed by atoms with van der Waals surface area (Å²) in [6, 6.07) is 34.2. The van der Waals surface area contributed by atoms with Gasteiger partial charge in [0.15, 0.2) is 0 Å². The third kappa shape index (κ3) is 7.25. The van der Waals surface area contributed by atoms with Crippen LogP contribution in [0.1, 0.15) is 101 Å². The molecule has 0 fully saturated rings. The minimum Gasteiger partial charge on any atom is -0.310 e. The molecule has 0 radical (unpaired) electrons. The van der Waals surface area contributed by atoms with Crippen molar-refractivity contribution in [2.75, 3.05) is 9.80 Å². The maximum absolute atomic E-state index is 11.4. The van der Waals surface area contributed by atoms with E-state index in [9.17, 15) is 20.2 Å². The van der Waals surface area contributed by atoms with Crippen LogP contribution >= 0.6 is 0 Å². The first-order chi connectivity index (χ1) is 23.8. The predicted molar refractivity (Wildman–Crippen MR) is 205 cm³/mol. The molecule has 0 amide bonds. The van der Waals surface area contributed by atoms with E-state index in [-0.39, 0.29) is 23.2 Å². The Bertz CT molecular complexity index is 1840. The van der Waals surface area contributed by atoms with Gasteiger partial charge in [-0.25, -0.2) is 0 Å². The summed E-state index contributed by atoms with van der Waals surface area (Å²) in [7, 11) is 0. The number of hydrogen-bond donors (Lipinski definition) is 0. The molecule has 0 atom stereocenters. The van der Waals surface area contributed by atoms with Crippen molar-refractivity contribution in [1.29, 1.82) is 0 Å². The molecule has 0 bridgehead atoms. The van der Waals surface area contributed by atoms with Gasteiger partial charge in [0.25, 0.3) is 11.4 Å². The van der Waals surface area contributed by atoms with Crippen molar-refractivity contribution in [3.8, 4) is 0 Å². The van der Waals surface area contributed by atoms with E-state index in [1.54, 1.807) is 24.3 Å². The molecule has 0 unspecified atom stereocenters. The van der Waals surface area contributed by atoms with E-state index in [2.05, 4.69) is 109 Å². The summed E-state index contributed by atoms with van der Waals surface area (Å²) in [6.07, 6.45) is 0. The molecular formula is C42H46N4O4. The Morgan fingerprint density at radius 3 is 1.00 bits per heavy atom. The van der Waals surface area contributed by atoms with Crippen LogP contribution in [0.25, 0.3) is 0 Å². The molecule has 0 saturated heterocycles. The second-order valence-electron chi connectivity index (χ2n) is 13.9. The molecule has 8 nitrogen and oxygen atoms in total. The van der Waals surface area contributed by atoms with Gasteiger partial charge in [0, 0.05) is 58.4 Å². The quantitative estimate of drug-likeness (QED) is 0.0968. The highest BCUT2D eigenvalue weighted by Crippen LogP contribution is 2.47. The van der Waals surface area contributed by atoms with Crippen molar-refractivity contribution in [1.82, 2.24) is 0 Å². The maximum Gasteiger partial charge on any atom is 0.269 e. The van der Waals surface area contributed by atoms with Gasteiger partial charge in [-0.2, -0.15) is 0 Å². The highest BCUT2D eigenvalue weighted by atomic mass is 16.6. The summed E-state index contributed by atoms with van der Waals surface area (Å²) in [5.41, 5.74) is 10.7. The Hall–Kier alpha value is -5.50. The van der Waals surface area contributed by atoms with Gasteiger partial charge in [-0.3, -0.25) is 20.2 Å². The van der Waals surface area contributed by atoms with Crippen molar-refractivity contribution < 1.29 is 9.85 Å². The van der Waals surface area contributed by atoms with E-state index in [1.807, 2.05) is 17.0 Å². The van der Waals surface area contributed by atoms with Gasteiger partial charge in [-0.1, -0.05) is 79.7 Å². The Morgan fingerprint density at radius 2 is 0.720 bits per heavy atom. The summed E-state index contributed by atoms with van der Waals surface area (Å²) in [5.74, 6) is 1.25. The molecule has 0 saturated carbocycles. The number of rotatable bonds is 12. The van der Waals surface area contributed by atoms with Gasteiger partial charge < -0.3 is 9.80 Å². The fourth-order valence-electron chi connectivity index (χ4n) is 6.85. The second kappa shape index (κ2) is 14.9. The average Bonchev–Trinajstić information content (AvgIpc) is 3.09. The van der Waals surface area contributed by atoms with Crippen LogP contribution in [-0.4, -0.2) is 9.85 Å². The van der Waals surface area contributed by atoms with Gasteiger partial charge in [0.05, 0.1) is 9.85 Å². The molecule has 0 heterocycles. The summed E-state index contributed by atoms with van der Waals surface area (Å²) < 4.78 is 0. The molecule has 258 valence electrons. The molecule has 0 aromatic heterocycles. The van der Waals surface area contributed by atoms with E-state index < -0.39 is 9.85 Å². The number of anilines is 6. The number of non-ortho nitro benzene ring substituents is 2. The zero-order chi connectivity index (χ0) is 36.3. The number of nitrogens with zero attached hydrogens (tertiary/aromatic N) is 4. The first-order valence-electron chi connectivity index (χ1n) is 17.2. The Morgan fingerprint density at radius 1 is 0.420 bits per heavy atom. The normalized spacial score (nSPS) is 11.4. The van der Waals surface area contributed by atoms with Crippen LogP contribution in [0, 0.1) is 20.2 Å². The zero-order valence-corrected chi connectivity index (χ0v) is 30.1. The van der Waals surface area contributed by atoms with Gasteiger partial charge in [-0.05, 0) is 107 Å². The van der Waals surface area contributed by atoms with Crippen LogP contribution in [0.2, 0.25) is 0 Å². The molecule has 50 heavy (non-hydrogen) atoms. The predicted octanol–water partition coefficient (Wildman–Crippen LogP) is 12.9. The van der Waals surface area contributed by atoms with Gasteiger partial charge >= 0.3 is 0 Å². The average molecular weight is 671 g/mol. The van der Waals surface area contributed by atoms with E-state index >= 15 is 0 Å². The third-order valence-electron chi connectivity index (χ3n) is 9.12. The van der Waals surface area contributed by atoms with Crippen molar-refractivity contribution >= 4 is 45.5 Å². The van der Waals surface area contributed by atoms with E-state index in [0.717, 1.165) is 22.7 Å². The minimum absolute atomic E-state index is 0.0161. The van der Waals surface area contributed by atoms with Gasteiger partial charge in [0.1, 0.15) is 0 Å². The Labute approximate surface area is 295 Å². The molecule has 5 rings (SSSR count). The lowest BCUT2D eigenvalue weighted by Crippen LogP contribution is -2.18. The zero-order valence-electron chi connectivity index (χ0n) is 30.1. The van der Waals surface area contributed by atoms with Crippen LogP contribution < -0.4 is 9.80 Å². The SMILES string of the molecule is CC(C)c1cccc(N(c2ccc(N(c3ccc([N+](=O)[O-])cc3)c3ccc([N+](=O)[O-])cc3)cc2)c2cccc(C(C)C)c2C(C)C)c1C(C)C. The van der Waals surface area contributed by atoms with Gasteiger partial charge in [0.2, 0.25) is 0 Å². The summed E-state index contributed by atoms with van der Waals surface area (Å²) >= 11 is 0. The second-order valence-corrected chi connectivity index (χ2v) is 13.9. The number of benzene rings is 5. The molecule has 5 aromatic carbocycles. The van der Waals surface area contributed by atoms with E-state index in [1.165, 1.54) is 46.5 Å². The lowest BCUT2D eigenvalue weighted by molar-refractivity contribution is -0.385. The lowest BCUT2D eigenvalue weighted by atomic mass is 9.86. The van der Waals surface area contributed by atoms with Crippen LogP contribution in [0.4, 0.5) is 45.5 Å². The van der Waals surface area contributed by atoms with Crippen LogP contribution in [0.3, 0.4) is 0 Å². The van der Waals surface area contributed by atoms with Crippen molar-refractivity contribution in [2.24, 2.45) is 0 Å². The topological polar surface area (TPSA) is 92.8 Å². The molecule has 0 aliphatic rings. The summed E-state index contributed by atoms with van der Waals surface area (Å²) in [5, 5.41) is 22.9. The lowest BCUT2D eigenvalue weighted by Gasteiger charge is -2.34. The van der Waals surface area contributed by atoms with E-state index in [0.29, 0.717) is 23.2 Å². The smallest absolute Gasteiger partial charge is 0.269 e. The van der Waals surface area contributed by atoms with E-state index in [4.69, 9.17) is 0 Å². The fourth-order valence-corrected chi connectivity index (χ4v) is 6.85. The van der Waals surface area contributed by atoms with Crippen LogP contribution in [0.5, 0.6) is 0 Å². The first-order valence-corrected chi connectivity index (χ1v) is 17.2. The standard InChI is InChI=1S/C42H46N4O4/c1-27(2)37-11-9-13-39(41(37)29(5)6)44(40-14-10-12-38(28(3)4)42(40)30(7)8)34-17-15-31(16-18-34)43(32-19-23-35(24-20-32)45(47)48)33-21-25-36(26-22-33)46(49)50/h9-30H,1-8H3. The molecule has 0 aliphatic carbocycles. The van der Waals surface area contributed by atoms with Crippen molar-refractivity contribution in [2.45, 2.75) is 79.1 Å². The minimum atomic E-state index is -0.428. The summed E-state index contributed by atoms with van der Waals surface area (Å²) in [6.45, 7) is 18.0. The highest BCUT2D eigenvalue weighted by Gasteiger charge is 2.26. The molecule has 8 heteroatoms. The van der Waals surface area contributed by atoms with Gasteiger partial charge in [-0.15, -0.1) is 0 Å². The number of nitro benzene ring substituents is 2. The largest absolute Gasteiger partial charge is 0.310 e. The molecule has 0 spiro atoms. The molecule has 0 aliphatic heterocycles. The monoisotopic (exact) mass is 670 g/mol. The third-order valence-corrected chi connectivity index (χ3v) is 9.12. The first kappa shape index (κ1) is 35.8. The number of hydrogen-bond acceptors (Lipinski definition) is 6.